The van der Waals surface area contributed by atoms with Gasteiger partial charge >= 0.3 is 0 Å². The van der Waals surface area contributed by atoms with Crippen LogP contribution in [0.25, 0.3) is 6.08 Å². The number of aromatic amines is 1. The van der Waals surface area contributed by atoms with E-state index in [9.17, 15) is 0 Å². The lowest BCUT2D eigenvalue weighted by Gasteiger charge is -1.88. The molecule has 11 heavy (non-hydrogen) atoms. The molecule has 0 spiro atoms. The quantitative estimate of drug-likeness (QED) is 0.634. The first-order chi connectivity index (χ1) is 5.34. The topological polar surface area (TPSA) is 15.8 Å². The first-order valence-corrected chi connectivity index (χ1v) is 4.05. The molecule has 60 valence electrons. The zero-order valence-electron chi connectivity index (χ0n) is 6.92. The maximum absolute atomic E-state index is 4.92. The Morgan fingerprint density at radius 1 is 1.55 bits per heavy atom. The molecule has 0 aliphatic carbocycles. The van der Waals surface area contributed by atoms with Crippen LogP contribution in [-0.2, 0) is 0 Å². The lowest BCUT2D eigenvalue weighted by atomic mass is 10.3. The predicted molar refractivity (Wildman–Crippen MR) is 53.1 cm³/mol. The average molecular weight is 167 g/mol. The van der Waals surface area contributed by atoms with Crippen molar-refractivity contribution in [2.75, 3.05) is 0 Å². The van der Waals surface area contributed by atoms with Crippen molar-refractivity contribution in [3.8, 4) is 0 Å². The van der Waals surface area contributed by atoms with Crippen LogP contribution in [0.15, 0.2) is 24.9 Å². The largest absolute Gasteiger partial charge is 0.352 e. The first-order valence-electron chi connectivity index (χ1n) is 3.65. The van der Waals surface area contributed by atoms with Gasteiger partial charge in [-0.2, -0.15) is 0 Å². The normalized spacial score (nSPS) is 7.82. The fourth-order valence-electron chi connectivity index (χ4n) is 0.595. The number of hydrogen-bond acceptors (Lipinski definition) is 1. The van der Waals surface area contributed by atoms with E-state index in [0.29, 0.717) is 0 Å². The van der Waals surface area contributed by atoms with Crippen molar-refractivity contribution in [3.05, 3.63) is 35.1 Å². The van der Waals surface area contributed by atoms with E-state index >= 15 is 0 Å². The van der Waals surface area contributed by atoms with Gasteiger partial charge in [0.25, 0.3) is 0 Å². The Hall–Kier alpha value is -0.890. The standard InChI is InChI=1S/C7H7NS.C2H6/c1-2-6-4-3-5-8-7(6)9;1-2/h2-5H,1H2,(H,8,9);1-2H3. The van der Waals surface area contributed by atoms with E-state index < -0.39 is 0 Å². The summed E-state index contributed by atoms with van der Waals surface area (Å²) in [6.45, 7) is 7.61. The molecule has 0 aromatic carbocycles. The Bertz CT molecular complexity index is 262. The molecule has 0 aliphatic heterocycles. The SMILES string of the molecule is C=Cc1ccc[nH]c1=S.CC. The minimum absolute atomic E-state index is 0.743. The molecule has 1 rings (SSSR count). The van der Waals surface area contributed by atoms with Crippen molar-refractivity contribution < 1.29 is 0 Å². The first kappa shape index (κ1) is 10.1. The van der Waals surface area contributed by atoms with Crippen molar-refractivity contribution in [1.82, 2.24) is 4.98 Å². The Morgan fingerprint density at radius 2 is 2.18 bits per heavy atom. The van der Waals surface area contributed by atoms with E-state index in [-0.39, 0.29) is 0 Å². The van der Waals surface area contributed by atoms with E-state index in [1.807, 2.05) is 26.0 Å². The van der Waals surface area contributed by atoms with Crippen LogP contribution in [0.4, 0.5) is 0 Å². The molecule has 0 unspecified atom stereocenters. The van der Waals surface area contributed by atoms with Crippen molar-refractivity contribution in [3.63, 3.8) is 0 Å². The summed E-state index contributed by atoms with van der Waals surface area (Å²) in [6.07, 6.45) is 3.54. The third kappa shape index (κ3) is 3.14. The molecule has 1 aromatic heterocycles. The predicted octanol–water partition coefficient (Wildman–Crippen LogP) is 3.41. The second-order valence-corrected chi connectivity index (χ2v) is 2.07. The smallest absolute Gasteiger partial charge is 0.110 e. The van der Waals surface area contributed by atoms with Gasteiger partial charge in [-0.05, 0) is 6.07 Å². The lowest BCUT2D eigenvalue weighted by Crippen LogP contribution is -1.75. The van der Waals surface area contributed by atoms with Crippen LogP contribution in [0.2, 0.25) is 0 Å². The molecule has 0 saturated heterocycles. The number of aromatic nitrogens is 1. The molecular weight excluding hydrogens is 154 g/mol. The van der Waals surface area contributed by atoms with E-state index in [1.54, 1.807) is 12.3 Å². The van der Waals surface area contributed by atoms with Gasteiger partial charge in [-0.15, -0.1) is 0 Å². The van der Waals surface area contributed by atoms with Crippen LogP contribution in [0, 0.1) is 4.64 Å². The second kappa shape index (κ2) is 5.86. The molecule has 2 heteroatoms. The minimum atomic E-state index is 0.743. The highest BCUT2D eigenvalue weighted by molar-refractivity contribution is 7.71. The van der Waals surface area contributed by atoms with E-state index in [1.165, 1.54) is 0 Å². The van der Waals surface area contributed by atoms with E-state index in [4.69, 9.17) is 12.2 Å². The Labute approximate surface area is 72.8 Å². The molecule has 0 radical (unpaired) electrons. The molecule has 1 nitrogen and oxygen atoms in total. The van der Waals surface area contributed by atoms with Crippen molar-refractivity contribution in [1.29, 1.82) is 0 Å². The maximum Gasteiger partial charge on any atom is 0.110 e. The van der Waals surface area contributed by atoms with Gasteiger partial charge in [0.05, 0.1) is 0 Å². The summed E-state index contributed by atoms with van der Waals surface area (Å²) in [6, 6.07) is 3.82. The summed E-state index contributed by atoms with van der Waals surface area (Å²) in [5.41, 5.74) is 0.979. The Kier molecular flexibility index (Phi) is 5.39. The van der Waals surface area contributed by atoms with Crippen LogP contribution in [0.5, 0.6) is 0 Å². The van der Waals surface area contributed by atoms with Gasteiger partial charge in [-0.25, -0.2) is 0 Å². The molecule has 1 heterocycles. The minimum Gasteiger partial charge on any atom is -0.352 e. The van der Waals surface area contributed by atoms with Gasteiger partial charge in [0.1, 0.15) is 4.64 Å². The van der Waals surface area contributed by atoms with Crippen molar-refractivity contribution >= 4 is 18.3 Å². The summed E-state index contributed by atoms with van der Waals surface area (Å²) in [5, 5.41) is 0. The molecule has 1 aromatic rings. The van der Waals surface area contributed by atoms with E-state index in [2.05, 4.69) is 11.6 Å². The molecular formula is C9H13NS. The zero-order chi connectivity index (χ0) is 8.69. The molecule has 0 fully saturated rings. The third-order valence-electron chi connectivity index (χ3n) is 1.07. The molecule has 0 aliphatic rings. The van der Waals surface area contributed by atoms with Gasteiger partial charge in [-0.1, -0.05) is 44.8 Å². The highest BCUT2D eigenvalue weighted by Gasteiger charge is 1.83. The van der Waals surface area contributed by atoms with E-state index in [0.717, 1.165) is 10.2 Å². The van der Waals surface area contributed by atoms with Crippen LogP contribution < -0.4 is 0 Å². The molecule has 0 saturated carbocycles. The monoisotopic (exact) mass is 167 g/mol. The average Bonchev–Trinajstić information content (AvgIpc) is 2.09. The van der Waals surface area contributed by atoms with Gasteiger partial charge in [0.15, 0.2) is 0 Å². The fraction of sp³-hybridized carbons (Fsp3) is 0.222. The van der Waals surface area contributed by atoms with Crippen LogP contribution in [-0.4, -0.2) is 4.98 Å². The van der Waals surface area contributed by atoms with Crippen LogP contribution >= 0.6 is 12.2 Å². The Morgan fingerprint density at radius 3 is 2.55 bits per heavy atom. The van der Waals surface area contributed by atoms with Gasteiger partial charge in [0.2, 0.25) is 0 Å². The second-order valence-electron chi connectivity index (χ2n) is 1.66. The van der Waals surface area contributed by atoms with Gasteiger partial charge < -0.3 is 4.98 Å². The summed E-state index contributed by atoms with van der Waals surface area (Å²) in [5.74, 6) is 0. The maximum atomic E-state index is 4.92. The third-order valence-corrected chi connectivity index (χ3v) is 1.42. The molecule has 0 bridgehead atoms. The van der Waals surface area contributed by atoms with Crippen LogP contribution in [0.1, 0.15) is 19.4 Å². The molecule has 0 amide bonds. The van der Waals surface area contributed by atoms with Crippen molar-refractivity contribution in [2.45, 2.75) is 13.8 Å². The number of rotatable bonds is 1. The molecule has 1 N–H and O–H groups in total. The molecule has 0 atom stereocenters. The summed E-state index contributed by atoms with van der Waals surface area (Å²) in [7, 11) is 0. The van der Waals surface area contributed by atoms with Gasteiger partial charge in [-0.3, -0.25) is 0 Å². The fourth-order valence-corrected chi connectivity index (χ4v) is 0.815. The van der Waals surface area contributed by atoms with Gasteiger partial charge in [0, 0.05) is 11.8 Å². The highest BCUT2D eigenvalue weighted by atomic mass is 32.1. The zero-order valence-corrected chi connectivity index (χ0v) is 7.74. The van der Waals surface area contributed by atoms with Crippen molar-refractivity contribution in [2.24, 2.45) is 0 Å². The number of nitrogens with one attached hydrogen (secondary N) is 1. The summed E-state index contributed by atoms with van der Waals surface area (Å²) >= 11 is 4.92. The lowest BCUT2D eigenvalue weighted by molar-refractivity contribution is 1.29. The number of H-pyrrole nitrogens is 1. The summed E-state index contributed by atoms with van der Waals surface area (Å²) in [4.78, 5) is 2.89. The van der Waals surface area contributed by atoms with Crippen LogP contribution in [0.3, 0.4) is 0 Å². The Balaban J connectivity index is 0.000000461. The number of pyridine rings is 1. The highest BCUT2D eigenvalue weighted by Crippen LogP contribution is 1.99. The number of hydrogen-bond donors (Lipinski definition) is 1. The summed E-state index contributed by atoms with van der Waals surface area (Å²) < 4.78 is 0.743.